The molecule has 1 aliphatic rings. The molecule has 4 aromatic rings. The minimum Gasteiger partial charge on any atom is -0.497 e. The number of benzene rings is 3. The lowest BCUT2D eigenvalue weighted by Gasteiger charge is -2.24. The van der Waals surface area contributed by atoms with Gasteiger partial charge in [-0.2, -0.15) is 5.10 Å². The van der Waals surface area contributed by atoms with Gasteiger partial charge in [-0.15, -0.1) is 0 Å². The van der Waals surface area contributed by atoms with Crippen LogP contribution in [0.5, 0.6) is 17.2 Å². The number of amides is 3. The number of hydrogen-bond acceptors (Lipinski definition) is 8. The third kappa shape index (κ3) is 8.37. The van der Waals surface area contributed by atoms with E-state index in [1.165, 1.54) is 4.90 Å². The fraction of sp³-hybridized carbons (Fsp3) is 0.303. The quantitative estimate of drug-likeness (QED) is 0.351. The maximum atomic E-state index is 13.3. The SMILES string of the molecule is COc1cccc(OCC(=O)N2CCCNC(=O)c3cccc(c3)OCCn3nc(-c4ccccc4)nc3[C@H](C)NC(=O)C2)c1. The summed E-state index contributed by atoms with van der Waals surface area (Å²) in [5.74, 6) is 1.66. The minimum absolute atomic E-state index is 0.205. The second kappa shape index (κ2) is 14.9. The van der Waals surface area contributed by atoms with Gasteiger partial charge in [0.25, 0.3) is 11.8 Å². The van der Waals surface area contributed by atoms with Crippen LogP contribution in [0.3, 0.4) is 0 Å². The first-order valence-corrected chi connectivity index (χ1v) is 14.7. The van der Waals surface area contributed by atoms with Gasteiger partial charge in [0.15, 0.2) is 12.4 Å². The molecule has 2 N–H and O–H groups in total. The van der Waals surface area contributed by atoms with Crippen LogP contribution in [0.2, 0.25) is 0 Å². The van der Waals surface area contributed by atoms with Crippen LogP contribution in [0.1, 0.15) is 35.6 Å². The molecule has 1 atom stereocenters. The summed E-state index contributed by atoms with van der Waals surface area (Å²) in [6, 6.07) is 22.9. The molecule has 2 bridgehead atoms. The van der Waals surface area contributed by atoms with Gasteiger partial charge in [0, 0.05) is 30.3 Å². The van der Waals surface area contributed by atoms with Crippen molar-refractivity contribution in [1.29, 1.82) is 0 Å². The van der Waals surface area contributed by atoms with Gasteiger partial charge in [-0.25, -0.2) is 9.67 Å². The van der Waals surface area contributed by atoms with E-state index in [1.807, 2.05) is 37.3 Å². The Bertz CT molecular complexity index is 1620. The van der Waals surface area contributed by atoms with Crippen molar-refractivity contribution in [2.75, 3.05) is 40.0 Å². The van der Waals surface area contributed by atoms with Crippen molar-refractivity contribution in [3.8, 4) is 28.6 Å². The third-order valence-electron chi connectivity index (χ3n) is 7.15. The number of carbonyl (C=O) groups is 3. The molecule has 0 saturated carbocycles. The summed E-state index contributed by atoms with van der Waals surface area (Å²) >= 11 is 0. The molecule has 5 rings (SSSR count). The lowest BCUT2D eigenvalue weighted by Crippen LogP contribution is -2.44. The van der Waals surface area contributed by atoms with E-state index in [-0.39, 0.29) is 44.0 Å². The van der Waals surface area contributed by atoms with Gasteiger partial charge >= 0.3 is 0 Å². The fourth-order valence-electron chi connectivity index (χ4n) is 4.84. The van der Waals surface area contributed by atoms with E-state index in [0.29, 0.717) is 54.0 Å². The summed E-state index contributed by atoms with van der Waals surface area (Å²) in [5.41, 5.74) is 1.29. The monoisotopic (exact) mass is 612 g/mol. The highest BCUT2D eigenvalue weighted by Crippen LogP contribution is 2.21. The molecule has 0 unspecified atom stereocenters. The predicted molar refractivity (Wildman–Crippen MR) is 166 cm³/mol. The van der Waals surface area contributed by atoms with E-state index in [2.05, 4.69) is 10.6 Å². The smallest absolute Gasteiger partial charge is 0.260 e. The average Bonchev–Trinajstić information content (AvgIpc) is 3.49. The molecule has 234 valence electrons. The van der Waals surface area contributed by atoms with E-state index < -0.39 is 6.04 Å². The first kappa shape index (κ1) is 31.0. The maximum absolute atomic E-state index is 13.3. The summed E-state index contributed by atoms with van der Waals surface area (Å²) in [5, 5.41) is 10.5. The van der Waals surface area contributed by atoms with Gasteiger partial charge in [-0.1, -0.05) is 42.5 Å². The lowest BCUT2D eigenvalue weighted by atomic mass is 10.2. The molecule has 1 aromatic heterocycles. The van der Waals surface area contributed by atoms with E-state index in [0.717, 1.165) is 5.56 Å². The minimum atomic E-state index is -0.519. The summed E-state index contributed by atoms with van der Waals surface area (Å²) in [4.78, 5) is 45.6. The number of nitrogens with one attached hydrogen (secondary N) is 2. The van der Waals surface area contributed by atoms with Crippen LogP contribution in [-0.4, -0.2) is 77.3 Å². The summed E-state index contributed by atoms with van der Waals surface area (Å²) in [6.07, 6.45) is 0.421. The Balaban J connectivity index is 1.37. The number of fused-ring (bicyclic) bond motifs is 3. The molecule has 0 radical (unpaired) electrons. The molecule has 0 aliphatic carbocycles. The van der Waals surface area contributed by atoms with Crippen LogP contribution in [0.25, 0.3) is 11.4 Å². The van der Waals surface area contributed by atoms with Gasteiger partial charge in [-0.3, -0.25) is 14.4 Å². The van der Waals surface area contributed by atoms with Crippen LogP contribution in [-0.2, 0) is 16.1 Å². The van der Waals surface area contributed by atoms with Crippen molar-refractivity contribution < 1.29 is 28.6 Å². The normalized spacial score (nSPS) is 16.2. The maximum Gasteiger partial charge on any atom is 0.260 e. The molecule has 45 heavy (non-hydrogen) atoms. The lowest BCUT2D eigenvalue weighted by molar-refractivity contribution is -0.138. The van der Waals surface area contributed by atoms with Gasteiger partial charge in [0.2, 0.25) is 5.91 Å². The Hall–Kier alpha value is -5.39. The number of methoxy groups -OCH3 is 1. The van der Waals surface area contributed by atoms with Crippen LogP contribution >= 0.6 is 0 Å². The predicted octanol–water partition coefficient (Wildman–Crippen LogP) is 3.25. The van der Waals surface area contributed by atoms with E-state index in [1.54, 1.807) is 60.3 Å². The van der Waals surface area contributed by atoms with E-state index in [4.69, 9.17) is 24.3 Å². The van der Waals surface area contributed by atoms with Crippen molar-refractivity contribution in [2.24, 2.45) is 0 Å². The zero-order valence-corrected chi connectivity index (χ0v) is 25.3. The molecule has 0 saturated heterocycles. The Morgan fingerprint density at radius 2 is 1.76 bits per heavy atom. The number of nitrogens with zero attached hydrogens (tertiary/aromatic N) is 4. The second-order valence-corrected chi connectivity index (χ2v) is 10.4. The van der Waals surface area contributed by atoms with Crippen molar-refractivity contribution in [3.63, 3.8) is 0 Å². The zero-order chi connectivity index (χ0) is 31.6. The standard InChI is InChI=1S/C33H36N6O6/c1-23-32-36-31(24-9-4-3-5-10-24)37-39(32)17-18-44-27-13-6-11-25(19-27)33(42)34-15-8-16-38(21-29(40)35-23)30(41)22-45-28-14-7-12-26(20-28)43-2/h3-7,9-14,19-20,23H,8,15-18,21-22H2,1-2H3,(H,34,42)(H,35,40)/t23-/m0/s1. The number of hydrogen-bond donors (Lipinski definition) is 2. The van der Waals surface area contributed by atoms with E-state index >= 15 is 0 Å². The average molecular weight is 613 g/mol. The third-order valence-corrected chi connectivity index (χ3v) is 7.15. The van der Waals surface area contributed by atoms with Gasteiger partial charge in [0.05, 0.1) is 26.2 Å². The van der Waals surface area contributed by atoms with Crippen LogP contribution in [0.15, 0.2) is 78.9 Å². The molecule has 3 amide bonds. The molecule has 12 heteroatoms. The van der Waals surface area contributed by atoms with Crippen LogP contribution in [0, 0.1) is 0 Å². The Labute approximate surface area is 261 Å². The topological polar surface area (TPSA) is 137 Å². The zero-order valence-electron chi connectivity index (χ0n) is 25.3. The largest absolute Gasteiger partial charge is 0.497 e. The van der Waals surface area contributed by atoms with Gasteiger partial charge in [0.1, 0.15) is 29.7 Å². The molecule has 12 nitrogen and oxygen atoms in total. The summed E-state index contributed by atoms with van der Waals surface area (Å²) < 4.78 is 18.6. The first-order chi connectivity index (χ1) is 21.9. The molecule has 0 spiro atoms. The number of carbonyl (C=O) groups excluding carboxylic acids is 3. The van der Waals surface area contributed by atoms with Crippen molar-refractivity contribution in [2.45, 2.75) is 25.9 Å². The van der Waals surface area contributed by atoms with Crippen LogP contribution < -0.4 is 24.8 Å². The Kier molecular flexibility index (Phi) is 10.3. The first-order valence-electron chi connectivity index (χ1n) is 14.7. The Morgan fingerprint density at radius 1 is 0.978 bits per heavy atom. The summed E-state index contributed by atoms with van der Waals surface area (Å²) in [6.45, 7) is 2.47. The number of rotatable bonds is 5. The molecule has 1 aliphatic heterocycles. The fourth-order valence-corrected chi connectivity index (χ4v) is 4.84. The molecule has 2 heterocycles. The van der Waals surface area contributed by atoms with Crippen LogP contribution in [0.4, 0.5) is 0 Å². The second-order valence-electron chi connectivity index (χ2n) is 10.4. The summed E-state index contributed by atoms with van der Waals surface area (Å²) in [7, 11) is 1.55. The van der Waals surface area contributed by atoms with E-state index in [9.17, 15) is 14.4 Å². The highest BCUT2D eigenvalue weighted by Gasteiger charge is 2.23. The van der Waals surface area contributed by atoms with Crippen molar-refractivity contribution in [1.82, 2.24) is 30.3 Å². The molecule has 0 fully saturated rings. The highest BCUT2D eigenvalue weighted by atomic mass is 16.5. The van der Waals surface area contributed by atoms with Gasteiger partial charge < -0.3 is 29.7 Å². The molecule has 3 aromatic carbocycles. The highest BCUT2D eigenvalue weighted by molar-refractivity contribution is 5.94. The van der Waals surface area contributed by atoms with Crippen molar-refractivity contribution >= 4 is 17.7 Å². The molecular weight excluding hydrogens is 576 g/mol. The number of ether oxygens (including phenoxy) is 3. The Morgan fingerprint density at radius 3 is 2.58 bits per heavy atom. The van der Waals surface area contributed by atoms with Crippen molar-refractivity contribution in [3.05, 3.63) is 90.3 Å². The number of aromatic nitrogens is 3. The molecular formula is C33H36N6O6. The van der Waals surface area contributed by atoms with Gasteiger partial charge in [-0.05, 0) is 43.7 Å².